The first-order chi connectivity index (χ1) is 17.6. The number of H-pyrrole nitrogens is 1. The average molecular weight is 470 g/mol. The van der Waals surface area contributed by atoms with Gasteiger partial charge in [-0.2, -0.15) is 0 Å². The zero-order valence-corrected chi connectivity index (χ0v) is 19.0. The zero-order chi connectivity index (χ0) is 24.6. The van der Waals surface area contributed by atoms with Crippen LogP contribution in [0.1, 0.15) is 0 Å². The van der Waals surface area contributed by atoms with Crippen LogP contribution >= 0.6 is 0 Å². The maximum Gasteiger partial charge on any atom is 0.270 e. The number of nitrogens with zero attached hydrogens (tertiary/aromatic N) is 2. The zero-order valence-electron chi connectivity index (χ0n) is 19.0. The van der Waals surface area contributed by atoms with E-state index in [1.54, 1.807) is 6.07 Å². The first-order valence-electron chi connectivity index (χ1n) is 11.5. The van der Waals surface area contributed by atoms with Crippen LogP contribution < -0.4 is 5.56 Å². The number of aromatic nitrogens is 2. The number of fused-ring (bicyclic) bond motifs is 2. The number of aromatic amines is 1. The van der Waals surface area contributed by atoms with Crippen LogP contribution in [0.2, 0.25) is 0 Å². The largest absolute Gasteiger partial charge is 0.321 e. The number of nitrogens with one attached hydrogen (secondary N) is 1. The van der Waals surface area contributed by atoms with Crippen LogP contribution in [0.3, 0.4) is 0 Å². The summed E-state index contributed by atoms with van der Waals surface area (Å²) in [7, 11) is 0. The van der Waals surface area contributed by atoms with Gasteiger partial charge in [0.15, 0.2) is 0 Å². The number of benzene rings is 4. The topological polar surface area (TPSA) is 88.9 Å². The summed E-state index contributed by atoms with van der Waals surface area (Å²) in [5.74, 6) is 0. The van der Waals surface area contributed by atoms with Crippen LogP contribution in [0.25, 0.3) is 55.3 Å². The molecule has 36 heavy (non-hydrogen) atoms. The number of para-hydroxylation sites is 1. The van der Waals surface area contributed by atoms with Gasteiger partial charge in [-0.05, 0) is 34.9 Å². The highest BCUT2D eigenvalue weighted by Gasteiger charge is 2.21. The summed E-state index contributed by atoms with van der Waals surface area (Å²) < 4.78 is 0. The van der Waals surface area contributed by atoms with Crippen molar-refractivity contribution in [1.29, 1.82) is 0 Å². The summed E-state index contributed by atoms with van der Waals surface area (Å²) >= 11 is 0. The van der Waals surface area contributed by atoms with Gasteiger partial charge < -0.3 is 4.98 Å². The Labute approximate surface area is 205 Å². The number of non-ortho nitro benzene ring substituents is 1. The monoisotopic (exact) mass is 469 g/mol. The van der Waals surface area contributed by atoms with Crippen molar-refractivity contribution >= 4 is 27.5 Å². The van der Waals surface area contributed by atoms with Gasteiger partial charge in [-0.15, -0.1) is 0 Å². The van der Waals surface area contributed by atoms with E-state index in [9.17, 15) is 14.9 Å². The van der Waals surface area contributed by atoms with E-state index in [-0.39, 0.29) is 11.2 Å². The lowest BCUT2D eigenvalue weighted by Crippen LogP contribution is -2.12. The molecule has 4 aromatic carbocycles. The minimum absolute atomic E-state index is 0.0471. The van der Waals surface area contributed by atoms with Gasteiger partial charge in [0.2, 0.25) is 0 Å². The number of nitro benzene ring substituents is 1. The van der Waals surface area contributed by atoms with Crippen molar-refractivity contribution in [1.82, 2.24) is 9.97 Å². The Morgan fingerprint density at radius 3 is 2.08 bits per heavy atom. The molecule has 0 aliphatic heterocycles. The van der Waals surface area contributed by atoms with E-state index in [2.05, 4.69) is 4.98 Å². The molecule has 0 saturated heterocycles. The predicted octanol–water partition coefficient (Wildman–Crippen LogP) is 6.99. The smallest absolute Gasteiger partial charge is 0.270 e. The Kier molecular flexibility index (Phi) is 5.12. The van der Waals surface area contributed by atoms with E-state index in [1.165, 1.54) is 12.1 Å². The van der Waals surface area contributed by atoms with Crippen LogP contribution in [0.15, 0.2) is 114 Å². The van der Waals surface area contributed by atoms with Crippen molar-refractivity contribution < 1.29 is 4.92 Å². The second-order valence-corrected chi connectivity index (χ2v) is 8.50. The molecule has 6 aromatic rings. The summed E-state index contributed by atoms with van der Waals surface area (Å²) in [5.41, 5.74) is 5.15. The third-order valence-electron chi connectivity index (χ3n) is 6.33. The lowest BCUT2D eigenvalue weighted by molar-refractivity contribution is -0.384. The first-order valence-corrected chi connectivity index (χ1v) is 11.5. The second-order valence-electron chi connectivity index (χ2n) is 8.50. The van der Waals surface area contributed by atoms with Crippen molar-refractivity contribution in [3.05, 3.63) is 130 Å². The van der Waals surface area contributed by atoms with E-state index in [0.717, 1.165) is 27.6 Å². The number of rotatable bonds is 4. The Hall–Kier alpha value is -5.10. The number of nitro groups is 1. The summed E-state index contributed by atoms with van der Waals surface area (Å²) in [5, 5.41) is 13.1. The van der Waals surface area contributed by atoms with Crippen LogP contribution in [-0.4, -0.2) is 14.9 Å². The molecule has 0 aliphatic carbocycles. The van der Waals surface area contributed by atoms with Gasteiger partial charge in [0.1, 0.15) is 0 Å². The maximum atomic E-state index is 13.6. The molecule has 0 bridgehead atoms. The normalized spacial score (nSPS) is 11.1. The minimum atomic E-state index is -0.430. The molecule has 0 radical (unpaired) electrons. The van der Waals surface area contributed by atoms with E-state index >= 15 is 0 Å². The van der Waals surface area contributed by atoms with Gasteiger partial charge in [-0.1, -0.05) is 78.9 Å². The molecule has 0 saturated carbocycles. The molecule has 1 N–H and O–H groups in total. The molecule has 6 nitrogen and oxygen atoms in total. The fourth-order valence-corrected chi connectivity index (χ4v) is 4.70. The molecule has 0 amide bonds. The Morgan fingerprint density at radius 2 is 1.36 bits per heavy atom. The number of hydrogen-bond donors (Lipinski definition) is 1. The van der Waals surface area contributed by atoms with Crippen LogP contribution in [0, 0.1) is 10.1 Å². The summed E-state index contributed by atoms with van der Waals surface area (Å²) in [6, 6.07) is 33.6. The number of pyridine rings is 2. The van der Waals surface area contributed by atoms with Gasteiger partial charge in [0.25, 0.3) is 11.2 Å². The van der Waals surface area contributed by atoms with Gasteiger partial charge in [-0.3, -0.25) is 14.9 Å². The Bertz CT molecular complexity index is 1830. The molecule has 0 fully saturated rings. The molecule has 0 spiro atoms. The van der Waals surface area contributed by atoms with Gasteiger partial charge in [0, 0.05) is 34.0 Å². The molecule has 0 unspecified atom stereocenters. The molecule has 0 atom stereocenters. The van der Waals surface area contributed by atoms with E-state index in [0.29, 0.717) is 27.7 Å². The minimum Gasteiger partial charge on any atom is -0.321 e. The van der Waals surface area contributed by atoms with Crippen LogP contribution in [0.4, 0.5) is 5.69 Å². The Balaban J connectivity index is 1.75. The molecular weight excluding hydrogens is 450 g/mol. The lowest BCUT2D eigenvalue weighted by atomic mass is 9.92. The Morgan fingerprint density at radius 1 is 0.694 bits per heavy atom. The molecular formula is C30H19N3O3. The standard InChI is InChI=1S/C30H19N3O3/c34-30-29(27-18-23(19-9-3-1-4-10-19)22-13-7-8-14-25(22)31-27)28(20-11-5-2-6-12-20)24-17-21(33(35)36)15-16-26(24)32-30/h1-18H,(H,32,34). The molecule has 6 rings (SSSR count). The van der Waals surface area contributed by atoms with Gasteiger partial charge in [0.05, 0.1) is 21.7 Å². The fraction of sp³-hybridized carbons (Fsp3) is 0. The maximum absolute atomic E-state index is 13.6. The molecule has 2 heterocycles. The predicted molar refractivity (Wildman–Crippen MR) is 143 cm³/mol. The van der Waals surface area contributed by atoms with Crippen LogP contribution in [-0.2, 0) is 0 Å². The van der Waals surface area contributed by atoms with Crippen molar-refractivity contribution in [2.24, 2.45) is 0 Å². The van der Waals surface area contributed by atoms with Crippen LogP contribution in [0.5, 0.6) is 0 Å². The van der Waals surface area contributed by atoms with Gasteiger partial charge >= 0.3 is 0 Å². The highest BCUT2D eigenvalue weighted by Crippen LogP contribution is 2.38. The third kappa shape index (κ3) is 3.61. The van der Waals surface area contributed by atoms with E-state index in [4.69, 9.17) is 4.98 Å². The van der Waals surface area contributed by atoms with E-state index < -0.39 is 4.92 Å². The molecule has 0 aliphatic rings. The first kappa shape index (κ1) is 21.4. The van der Waals surface area contributed by atoms with E-state index in [1.807, 2.05) is 91.0 Å². The molecule has 6 heteroatoms. The lowest BCUT2D eigenvalue weighted by Gasteiger charge is -2.15. The van der Waals surface area contributed by atoms with Crippen molar-refractivity contribution in [3.8, 4) is 33.5 Å². The quantitative estimate of drug-likeness (QED) is 0.223. The van der Waals surface area contributed by atoms with Crippen molar-refractivity contribution in [2.75, 3.05) is 0 Å². The fourth-order valence-electron chi connectivity index (χ4n) is 4.70. The number of hydrogen-bond acceptors (Lipinski definition) is 4. The molecule has 172 valence electrons. The SMILES string of the molecule is O=c1[nH]c2ccc([N+](=O)[O-])cc2c(-c2ccccc2)c1-c1cc(-c2ccccc2)c2ccccc2n1. The highest BCUT2D eigenvalue weighted by atomic mass is 16.6. The van der Waals surface area contributed by atoms with Crippen molar-refractivity contribution in [2.45, 2.75) is 0 Å². The summed E-state index contributed by atoms with van der Waals surface area (Å²) in [6.07, 6.45) is 0. The summed E-state index contributed by atoms with van der Waals surface area (Å²) in [6.45, 7) is 0. The highest BCUT2D eigenvalue weighted by molar-refractivity contribution is 6.04. The molecule has 2 aromatic heterocycles. The summed E-state index contributed by atoms with van der Waals surface area (Å²) in [4.78, 5) is 32.6. The third-order valence-corrected chi connectivity index (χ3v) is 6.33. The average Bonchev–Trinajstić information content (AvgIpc) is 2.92. The second kappa shape index (κ2) is 8.60. The van der Waals surface area contributed by atoms with Gasteiger partial charge in [-0.25, -0.2) is 4.98 Å². The van der Waals surface area contributed by atoms with Crippen molar-refractivity contribution in [3.63, 3.8) is 0 Å².